The lowest BCUT2D eigenvalue weighted by Crippen LogP contribution is -2.20. The van der Waals surface area contributed by atoms with E-state index in [1.807, 2.05) is 24.3 Å². The Balaban J connectivity index is 2.46. The molecule has 0 aliphatic carbocycles. The van der Waals surface area contributed by atoms with E-state index in [0.717, 1.165) is 17.7 Å². The molecule has 1 rings (SSSR count). The number of rotatable bonds is 6. The van der Waals surface area contributed by atoms with Crippen LogP contribution in [0.1, 0.15) is 37.4 Å². The van der Waals surface area contributed by atoms with Gasteiger partial charge in [0.25, 0.3) is 0 Å². The third kappa shape index (κ3) is 5.46. The van der Waals surface area contributed by atoms with Crippen LogP contribution in [0.2, 0.25) is 0 Å². The second-order valence-corrected chi connectivity index (χ2v) is 6.63. The van der Waals surface area contributed by atoms with Crippen LogP contribution in [0.4, 0.5) is 0 Å². The predicted octanol–water partition coefficient (Wildman–Crippen LogP) is 2.79. The Labute approximate surface area is 107 Å². The van der Waals surface area contributed by atoms with Crippen LogP contribution in [0.25, 0.3) is 0 Å². The third-order valence-electron chi connectivity index (χ3n) is 2.79. The molecule has 1 aromatic carbocycles. The lowest BCUT2D eigenvalue weighted by atomic mass is 10.1. The maximum absolute atomic E-state index is 11.8. The summed E-state index contributed by atoms with van der Waals surface area (Å²) in [6.07, 6.45) is 1.01. The quantitative estimate of drug-likeness (QED) is 0.847. The molecule has 2 unspecified atom stereocenters. The molecular weight excluding hydrogens is 230 g/mol. The van der Waals surface area contributed by atoms with Crippen LogP contribution in [-0.4, -0.2) is 15.7 Å². The maximum atomic E-state index is 11.8. The molecule has 17 heavy (non-hydrogen) atoms. The fraction of sp³-hybridized carbons (Fsp3) is 0.571. The molecule has 96 valence electrons. The van der Waals surface area contributed by atoms with Gasteiger partial charge in [0.05, 0.1) is 0 Å². The highest BCUT2D eigenvalue weighted by Crippen LogP contribution is 2.13. The van der Waals surface area contributed by atoms with Crippen LogP contribution >= 0.6 is 0 Å². The van der Waals surface area contributed by atoms with E-state index in [-0.39, 0.29) is 6.04 Å². The van der Waals surface area contributed by atoms with Crippen LogP contribution in [0.3, 0.4) is 0 Å². The molecule has 0 saturated carbocycles. The second kappa shape index (κ2) is 6.92. The summed E-state index contributed by atoms with van der Waals surface area (Å²) in [5, 5.41) is 0. The topological polar surface area (TPSA) is 43.1 Å². The summed E-state index contributed by atoms with van der Waals surface area (Å²) in [6, 6.07) is 8.04. The number of aryl methyl sites for hydroxylation is 1. The van der Waals surface area contributed by atoms with Crippen molar-refractivity contribution in [2.24, 2.45) is 11.7 Å². The van der Waals surface area contributed by atoms with Crippen LogP contribution in [0.15, 0.2) is 24.3 Å². The van der Waals surface area contributed by atoms with E-state index < -0.39 is 10.8 Å². The molecule has 0 aliphatic rings. The first-order valence-electron chi connectivity index (χ1n) is 6.16. The lowest BCUT2D eigenvalue weighted by molar-refractivity contribution is 0.617. The van der Waals surface area contributed by atoms with Crippen LogP contribution in [-0.2, 0) is 10.8 Å². The molecule has 0 aliphatic heterocycles. The molecule has 2 atom stereocenters. The van der Waals surface area contributed by atoms with Gasteiger partial charge < -0.3 is 5.73 Å². The largest absolute Gasteiger partial charge is 0.323 e. The van der Waals surface area contributed by atoms with Crippen LogP contribution < -0.4 is 5.73 Å². The van der Waals surface area contributed by atoms with Crippen molar-refractivity contribution in [1.82, 2.24) is 0 Å². The summed E-state index contributed by atoms with van der Waals surface area (Å²) in [7, 11) is -0.802. The maximum Gasteiger partial charge on any atom is 0.0428 e. The summed E-state index contributed by atoms with van der Waals surface area (Å²) < 4.78 is 11.8. The lowest BCUT2D eigenvalue weighted by Gasteiger charge is -2.12. The van der Waals surface area contributed by atoms with E-state index in [4.69, 9.17) is 5.73 Å². The van der Waals surface area contributed by atoms with E-state index in [2.05, 4.69) is 20.8 Å². The summed E-state index contributed by atoms with van der Waals surface area (Å²) >= 11 is 0. The number of hydrogen-bond acceptors (Lipinski definition) is 2. The first-order chi connectivity index (χ1) is 7.99. The van der Waals surface area contributed by atoms with Gasteiger partial charge in [0.15, 0.2) is 0 Å². The zero-order valence-corrected chi connectivity index (χ0v) is 11.8. The number of nitrogens with two attached hydrogens (primary N) is 1. The number of benzene rings is 1. The van der Waals surface area contributed by atoms with Gasteiger partial charge in [0.1, 0.15) is 0 Å². The van der Waals surface area contributed by atoms with Crippen molar-refractivity contribution < 1.29 is 4.21 Å². The average molecular weight is 253 g/mol. The molecule has 2 N–H and O–H groups in total. The van der Waals surface area contributed by atoms with Crippen molar-refractivity contribution in [3.8, 4) is 0 Å². The van der Waals surface area contributed by atoms with Crippen molar-refractivity contribution >= 4 is 10.8 Å². The SMILES string of the molecule is Cc1ccc(C(N)CS(=O)CCC(C)C)cc1. The molecule has 0 amide bonds. The van der Waals surface area contributed by atoms with E-state index in [0.29, 0.717) is 11.7 Å². The molecular formula is C14H23NOS. The van der Waals surface area contributed by atoms with Crippen molar-refractivity contribution in [3.05, 3.63) is 35.4 Å². The molecule has 1 aromatic rings. The minimum absolute atomic E-state index is 0.108. The summed E-state index contributed by atoms with van der Waals surface area (Å²) in [4.78, 5) is 0. The Morgan fingerprint density at radius 3 is 2.35 bits per heavy atom. The van der Waals surface area contributed by atoms with Gasteiger partial charge in [-0.25, -0.2) is 0 Å². The highest BCUT2D eigenvalue weighted by molar-refractivity contribution is 7.85. The van der Waals surface area contributed by atoms with Gasteiger partial charge >= 0.3 is 0 Å². The van der Waals surface area contributed by atoms with E-state index in [1.54, 1.807) is 0 Å². The molecule has 3 heteroatoms. The van der Waals surface area contributed by atoms with Gasteiger partial charge in [-0.3, -0.25) is 4.21 Å². The van der Waals surface area contributed by atoms with E-state index in [1.165, 1.54) is 5.56 Å². The normalized spacial score (nSPS) is 14.9. The van der Waals surface area contributed by atoms with Gasteiger partial charge in [-0.2, -0.15) is 0 Å². The minimum atomic E-state index is -0.802. The highest BCUT2D eigenvalue weighted by atomic mass is 32.2. The van der Waals surface area contributed by atoms with Gasteiger partial charge in [0, 0.05) is 28.3 Å². The molecule has 0 bridgehead atoms. The van der Waals surface area contributed by atoms with Crippen LogP contribution in [0.5, 0.6) is 0 Å². The third-order valence-corrected chi connectivity index (χ3v) is 4.22. The average Bonchev–Trinajstić information content (AvgIpc) is 2.27. The summed E-state index contributed by atoms with van der Waals surface area (Å²) in [5.74, 6) is 1.93. The monoisotopic (exact) mass is 253 g/mol. The molecule has 0 heterocycles. The second-order valence-electron chi connectivity index (χ2n) is 5.01. The van der Waals surface area contributed by atoms with Gasteiger partial charge in [-0.05, 0) is 24.8 Å². The summed E-state index contributed by atoms with van der Waals surface area (Å²) in [6.45, 7) is 6.35. The zero-order chi connectivity index (χ0) is 12.8. The van der Waals surface area contributed by atoms with Crippen molar-refractivity contribution in [2.75, 3.05) is 11.5 Å². The van der Waals surface area contributed by atoms with E-state index in [9.17, 15) is 4.21 Å². The Hall–Kier alpha value is -0.670. The molecule has 0 saturated heterocycles. The standard InChI is InChI=1S/C14H23NOS/c1-11(2)8-9-17(16)10-14(15)13-6-4-12(3)5-7-13/h4-7,11,14H,8-10,15H2,1-3H3. The Morgan fingerprint density at radius 1 is 1.24 bits per heavy atom. The molecule has 0 spiro atoms. The zero-order valence-electron chi connectivity index (χ0n) is 11.0. The Morgan fingerprint density at radius 2 is 1.82 bits per heavy atom. The first kappa shape index (κ1) is 14.4. The van der Waals surface area contributed by atoms with Crippen molar-refractivity contribution in [3.63, 3.8) is 0 Å². The Kier molecular flexibility index (Phi) is 5.86. The van der Waals surface area contributed by atoms with Gasteiger partial charge in [-0.15, -0.1) is 0 Å². The molecule has 2 nitrogen and oxygen atoms in total. The fourth-order valence-corrected chi connectivity index (χ4v) is 3.05. The van der Waals surface area contributed by atoms with Crippen molar-refractivity contribution in [2.45, 2.75) is 33.2 Å². The first-order valence-corrected chi connectivity index (χ1v) is 7.65. The molecule has 0 fully saturated rings. The highest BCUT2D eigenvalue weighted by Gasteiger charge is 2.10. The summed E-state index contributed by atoms with van der Waals surface area (Å²) in [5.41, 5.74) is 8.36. The smallest absolute Gasteiger partial charge is 0.0428 e. The Bertz CT molecular complexity index is 359. The van der Waals surface area contributed by atoms with Crippen LogP contribution in [0, 0.1) is 12.8 Å². The number of hydrogen-bond donors (Lipinski definition) is 1. The molecule has 0 radical (unpaired) electrons. The van der Waals surface area contributed by atoms with Crippen molar-refractivity contribution in [1.29, 1.82) is 0 Å². The molecule has 0 aromatic heterocycles. The van der Waals surface area contributed by atoms with Gasteiger partial charge in [0.2, 0.25) is 0 Å². The predicted molar refractivity (Wildman–Crippen MR) is 75.4 cm³/mol. The minimum Gasteiger partial charge on any atom is -0.323 e. The van der Waals surface area contributed by atoms with Gasteiger partial charge in [-0.1, -0.05) is 43.7 Å². The fourth-order valence-electron chi connectivity index (χ4n) is 1.56. The van der Waals surface area contributed by atoms with E-state index >= 15 is 0 Å².